The van der Waals surface area contributed by atoms with Crippen LogP contribution >= 0.6 is 11.3 Å². The Balaban J connectivity index is 0.000000771. The van der Waals surface area contributed by atoms with E-state index in [1.54, 1.807) is 0 Å². The topological polar surface area (TPSA) is 64.9 Å². The first-order valence-corrected chi connectivity index (χ1v) is 6.57. The van der Waals surface area contributed by atoms with Crippen molar-refractivity contribution >= 4 is 22.2 Å². The van der Waals surface area contributed by atoms with Crippen LogP contribution in [-0.4, -0.2) is 4.98 Å². The van der Waals surface area contributed by atoms with E-state index in [1.807, 2.05) is 45.0 Å². The second-order valence-electron chi connectivity index (χ2n) is 3.38. The SMILES string of the molecule is CC.Cc1ccc(C#Cc2nc(N)c(N)s2)cc1. The first kappa shape index (κ1) is 14.1. The van der Waals surface area contributed by atoms with Crippen LogP contribution in [0.25, 0.3) is 0 Å². The molecular weight excluding hydrogens is 242 g/mol. The van der Waals surface area contributed by atoms with Gasteiger partial charge in [-0.3, -0.25) is 0 Å². The summed E-state index contributed by atoms with van der Waals surface area (Å²) < 4.78 is 0. The molecule has 0 radical (unpaired) electrons. The Kier molecular flexibility index (Phi) is 5.22. The average Bonchev–Trinajstić information content (AvgIpc) is 2.71. The number of nitrogen functional groups attached to an aromatic ring is 2. The Morgan fingerprint density at radius 2 is 1.67 bits per heavy atom. The van der Waals surface area contributed by atoms with Gasteiger partial charge in [0.1, 0.15) is 5.00 Å². The number of hydrogen-bond donors (Lipinski definition) is 2. The number of nitrogens with zero attached hydrogens (tertiary/aromatic N) is 1. The molecular formula is C14H17N3S. The normalized spacial score (nSPS) is 8.83. The summed E-state index contributed by atoms with van der Waals surface area (Å²) in [6, 6.07) is 7.99. The number of hydrogen-bond acceptors (Lipinski definition) is 4. The van der Waals surface area contributed by atoms with Crippen molar-refractivity contribution in [1.29, 1.82) is 0 Å². The molecule has 0 amide bonds. The van der Waals surface area contributed by atoms with Crippen molar-refractivity contribution in [2.75, 3.05) is 11.5 Å². The third-order valence-corrected chi connectivity index (χ3v) is 2.86. The summed E-state index contributed by atoms with van der Waals surface area (Å²) >= 11 is 1.30. The van der Waals surface area contributed by atoms with E-state index in [2.05, 4.69) is 16.8 Å². The molecule has 18 heavy (non-hydrogen) atoms. The van der Waals surface area contributed by atoms with Crippen LogP contribution in [0.1, 0.15) is 30.0 Å². The minimum Gasteiger partial charge on any atom is -0.387 e. The van der Waals surface area contributed by atoms with Crippen molar-refractivity contribution in [1.82, 2.24) is 4.98 Å². The first-order valence-electron chi connectivity index (χ1n) is 5.75. The zero-order chi connectivity index (χ0) is 13.5. The molecule has 4 heteroatoms. The van der Waals surface area contributed by atoms with Gasteiger partial charge in [-0.1, -0.05) is 48.8 Å². The summed E-state index contributed by atoms with van der Waals surface area (Å²) in [6.07, 6.45) is 0. The molecule has 0 spiro atoms. The van der Waals surface area contributed by atoms with Gasteiger partial charge in [0, 0.05) is 5.56 Å². The Hall–Kier alpha value is -1.99. The van der Waals surface area contributed by atoms with Crippen LogP contribution < -0.4 is 11.5 Å². The Bertz CT molecular complexity index is 539. The average molecular weight is 259 g/mol. The molecule has 0 fully saturated rings. The zero-order valence-electron chi connectivity index (χ0n) is 10.8. The summed E-state index contributed by atoms with van der Waals surface area (Å²) in [7, 11) is 0. The molecule has 2 aromatic rings. The number of anilines is 2. The molecule has 1 aromatic carbocycles. The zero-order valence-corrected chi connectivity index (χ0v) is 11.6. The smallest absolute Gasteiger partial charge is 0.171 e. The number of benzene rings is 1. The van der Waals surface area contributed by atoms with E-state index >= 15 is 0 Å². The fourth-order valence-electron chi connectivity index (χ4n) is 1.16. The molecule has 0 bridgehead atoms. The van der Waals surface area contributed by atoms with Crippen LogP contribution in [0, 0.1) is 18.8 Å². The fourth-order valence-corrected chi connectivity index (χ4v) is 1.76. The molecule has 0 atom stereocenters. The van der Waals surface area contributed by atoms with Crippen molar-refractivity contribution in [2.45, 2.75) is 20.8 Å². The summed E-state index contributed by atoms with van der Waals surface area (Å²) in [5, 5.41) is 1.17. The predicted molar refractivity (Wildman–Crippen MR) is 79.4 cm³/mol. The number of rotatable bonds is 0. The lowest BCUT2D eigenvalue weighted by Crippen LogP contribution is -1.89. The van der Waals surface area contributed by atoms with Crippen LogP contribution in [0.2, 0.25) is 0 Å². The molecule has 4 N–H and O–H groups in total. The van der Waals surface area contributed by atoms with Gasteiger partial charge in [-0.2, -0.15) is 0 Å². The maximum Gasteiger partial charge on any atom is 0.171 e. The highest BCUT2D eigenvalue weighted by atomic mass is 32.1. The summed E-state index contributed by atoms with van der Waals surface area (Å²) in [5.41, 5.74) is 13.3. The van der Waals surface area contributed by atoms with Gasteiger partial charge in [-0.15, -0.1) is 0 Å². The summed E-state index contributed by atoms with van der Waals surface area (Å²) in [6.45, 7) is 6.04. The molecule has 0 saturated heterocycles. The van der Waals surface area contributed by atoms with E-state index in [1.165, 1.54) is 16.9 Å². The lowest BCUT2D eigenvalue weighted by Gasteiger charge is -1.90. The molecule has 0 aliphatic heterocycles. The minimum atomic E-state index is 0.359. The third kappa shape index (κ3) is 3.79. The van der Waals surface area contributed by atoms with Gasteiger partial charge in [-0.25, -0.2) is 4.98 Å². The third-order valence-electron chi connectivity index (χ3n) is 2.05. The monoisotopic (exact) mass is 259 g/mol. The highest BCUT2D eigenvalue weighted by Gasteiger charge is 2.01. The standard InChI is InChI=1S/C12H11N3S.C2H6/c1-8-2-4-9(5-3-8)6-7-10-15-11(13)12(14)16-10;1-2/h2-5H,13-14H2,1H3;1-2H3. The van der Waals surface area contributed by atoms with Crippen molar-refractivity contribution in [3.63, 3.8) is 0 Å². The molecule has 0 saturated carbocycles. The van der Waals surface area contributed by atoms with Crippen LogP contribution in [0.5, 0.6) is 0 Å². The maximum atomic E-state index is 5.59. The molecule has 94 valence electrons. The number of thiazole rings is 1. The highest BCUT2D eigenvalue weighted by Crippen LogP contribution is 2.21. The van der Waals surface area contributed by atoms with Crippen LogP contribution in [0.3, 0.4) is 0 Å². The quantitative estimate of drug-likeness (QED) is 0.715. The van der Waals surface area contributed by atoms with E-state index < -0.39 is 0 Å². The molecule has 0 aliphatic carbocycles. The van der Waals surface area contributed by atoms with Gasteiger partial charge in [0.15, 0.2) is 10.8 Å². The maximum absolute atomic E-state index is 5.59. The highest BCUT2D eigenvalue weighted by molar-refractivity contribution is 7.16. The lowest BCUT2D eigenvalue weighted by molar-refractivity contribution is 1.39. The van der Waals surface area contributed by atoms with E-state index in [4.69, 9.17) is 11.5 Å². The fraction of sp³-hybridized carbons (Fsp3) is 0.214. The molecule has 0 aliphatic rings. The van der Waals surface area contributed by atoms with Crippen LogP contribution in [0.4, 0.5) is 10.8 Å². The second-order valence-corrected chi connectivity index (χ2v) is 4.42. The molecule has 3 nitrogen and oxygen atoms in total. The molecule has 1 heterocycles. The van der Waals surface area contributed by atoms with Gasteiger partial charge in [0.25, 0.3) is 0 Å². The van der Waals surface area contributed by atoms with Gasteiger partial charge in [0.05, 0.1) is 0 Å². The van der Waals surface area contributed by atoms with Gasteiger partial charge < -0.3 is 11.5 Å². The minimum absolute atomic E-state index is 0.359. The van der Waals surface area contributed by atoms with E-state index in [9.17, 15) is 0 Å². The van der Waals surface area contributed by atoms with E-state index in [0.717, 1.165) is 5.56 Å². The van der Waals surface area contributed by atoms with Crippen molar-refractivity contribution in [2.24, 2.45) is 0 Å². The van der Waals surface area contributed by atoms with Crippen LogP contribution in [0.15, 0.2) is 24.3 Å². The second kappa shape index (κ2) is 6.67. The van der Waals surface area contributed by atoms with Crippen molar-refractivity contribution < 1.29 is 0 Å². The van der Waals surface area contributed by atoms with Gasteiger partial charge in [-0.05, 0) is 25.0 Å². The molecule has 2 rings (SSSR count). The predicted octanol–water partition coefficient (Wildman–Crippen LogP) is 3.04. The van der Waals surface area contributed by atoms with E-state index in [-0.39, 0.29) is 0 Å². The van der Waals surface area contributed by atoms with Crippen molar-refractivity contribution in [3.05, 3.63) is 40.4 Å². The first-order chi connectivity index (χ1) is 8.65. The molecule has 1 aromatic heterocycles. The number of aryl methyl sites for hydroxylation is 1. The van der Waals surface area contributed by atoms with E-state index in [0.29, 0.717) is 15.8 Å². The van der Waals surface area contributed by atoms with Crippen LogP contribution in [-0.2, 0) is 0 Å². The van der Waals surface area contributed by atoms with Crippen molar-refractivity contribution in [3.8, 4) is 11.8 Å². The lowest BCUT2D eigenvalue weighted by atomic mass is 10.2. The Labute approximate surface area is 112 Å². The van der Waals surface area contributed by atoms with Gasteiger partial charge in [0.2, 0.25) is 0 Å². The Morgan fingerprint density at radius 1 is 1.06 bits per heavy atom. The number of nitrogens with two attached hydrogens (primary N) is 2. The Morgan fingerprint density at radius 3 is 2.17 bits per heavy atom. The largest absolute Gasteiger partial charge is 0.387 e. The van der Waals surface area contributed by atoms with Gasteiger partial charge >= 0.3 is 0 Å². The summed E-state index contributed by atoms with van der Waals surface area (Å²) in [5.74, 6) is 6.31. The molecule has 0 unspecified atom stereocenters. The number of aromatic nitrogens is 1. The summed E-state index contributed by atoms with van der Waals surface area (Å²) in [4.78, 5) is 4.04.